The van der Waals surface area contributed by atoms with E-state index >= 15 is 0 Å². The number of nitrogens with zero attached hydrogens (tertiary/aromatic N) is 1. The SMILES string of the molecule is O=C(Cc1ccccc1)N1CCCCCC1CBr. The Kier molecular flexibility index (Phi) is 5.24. The molecular weight excluding hydrogens is 290 g/mol. The summed E-state index contributed by atoms with van der Waals surface area (Å²) in [6.45, 7) is 0.919. The highest BCUT2D eigenvalue weighted by Gasteiger charge is 2.24. The summed E-state index contributed by atoms with van der Waals surface area (Å²) in [5, 5.41) is 0.896. The molecule has 1 fully saturated rings. The monoisotopic (exact) mass is 309 g/mol. The van der Waals surface area contributed by atoms with E-state index in [1.54, 1.807) is 0 Å². The first-order valence-electron chi connectivity index (χ1n) is 6.70. The topological polar surface area (TPSA) is 20.3 Å². The maximum absolute atomic E-state index is 12.4. The fourth-order valence-corrected chi connectivity index (χ4v) is 3.21. The summed E-state index contributed by atoms with van der Waals surface area (Å²) in [6.07, 6.45) is 5.30. The van der Waals surface area contributed by atoms with Gasteiger partial charge in [0.25, 0.3) is 0 Å². The standard InChI is InChI=1S/C15H20BrNO/c16-12-14-9-5-2-6-10-17(14)15(18)11-13-7-3-1-4-8-13/h1,3-4,7-8,14H,2,5-6,9-12H2. The van der Waals surface area contributed by atoms with Crippen LogP contribution in [0.3, 0.4) is 0 Å². The second-order valence-electron chi connectivity index (χ2n) is 4.91. The second kappa shape index (κ2) is 6.93. The number of carbonyl (C=O) groups excluding carboxylic acids is 1. The van der Waals surface area contributed by atoms with E-state index in [2.05, 4.69) is 20.8 Å². The third-order valence-corrected chi connectivity index (χ3v) is 4.32. The van der Waals surface area contributed by atoms with E-state index in [-0.39, 0.29) is 5.91 Å². The smallest absolute Gasteiger partial charge is 0.227 e. The lowest BCUT2D eigenvalue weighted by molar-refractivity contribution is -0.132. The number of benzene rings is 1. The quantitative estimate of drug-likeness (QED) is 0.784. The van der Waals surface area contributed by atoms with Crippen LogP contribution in [0.15, 0.2) is 30.3 Å². The Balaban J connectivity index is 2.01. The Bertz CT molecular complexity index is 379. The number of hydrogen-bond donors (Lipinski definition) is 0. The minimum atomic E-state index is 0.271. The van der Waals surface area contributed by atoms with Crippen molar-refractivity contribution in [2.45, 2.75) is 38.1 Å². The van der Waals surface area contributed by atoms with E-state index in [1.807, 2.05) is 30.3 Å². The van der Waals surface area contributed by atoms with Gasteiger partial charge in [0.15, 0.2) is 0 Å². The third-order valence-electron chi connectivity index (χ3n) is 3.57. The summed E-state index contributed by atoms with van der Waals surface area (Å²) < 4.78 is 0. The maximum Gasteiger partial charge on any atom is 0.227 e. The molecule has 3 heteroatoms. The van der Waals surface area contributed by atoms with Gasteiger partial charge < -0.3 is 4.90 Å². The van der Waals surface area contributed by atoms with E-state index in [0.717, 1.165) is 30.3 Å². The van der Waals surface area contributed by atoms with Gasteiger partial charge in [-0.15, -0.1) is 0 Å². The van der Waals surface area contributed by atoms with Crippen LogP contribution in [-0.2, 0) is 11.2 Å². The van der Waals surface area contributed by atoms with Crippen LogP contribution in [0, 0.1) is 0 Å². The molecule has 0 spiro atoms. The lowest BCUT2D eigenvalue weighted by Gasteiger charge is -2.28. The Morgan fingerprint density at radius 1 is 1.22 bits per heavy atom. The number of carbonyl (C=O) groups is 1. The van der Waals surface area contributed by atoms with Crippen molar-refractivity contribution >= 4 is 21.8 Å². The van der Waals surface area contributed by atoms with Crippen LogP contribution < -0.4 is 0 Å². The average Bonchev–Trinajstić information content (AvgIpc) is 2.64. The molecule has 98 valence electrons. The van der Waals surface area contributed by atoms with Crippen molar-refractivity contribution in [3.63, 3.8) is 0 Å². The van der Waals surface area contributed by atoms with Gasteiger partial charge in [0.1, 0.15) is 0 Å². The molecule has 1 amide bonds. The minimum Gasteiger partial charge on any atom is -0.339 e. The van der Waals surface area contributed by atoms with Crippen LogP contribution in [0.1, 0.15) is 31.2 Å². The van der Waals surface area contributed by atoms with Gasteiger partial charge in [-0.2, -0.15) is 0 Å². The second-order valence-corrected chi connectivity index (χ2v) is 5.55. The van der Waals surface area contributed by atoms with Crippen LogP contribution in [0.5, 0.6) is 0 Å². The van der Waals surface area contributed by atoms with E-state index < -0.39 is 0 Å². The summed E-state index contributed by atoms with van der Waals surface area (Å²) in [5.74, 6) is 0.271. The van der Waals surface area contributed by atoms with Gasteiger partial charge in [0.2, 0.25) is 5.91 Å². The molecule has 2 nitrogen and oxygen atoms in total. The van der Waals surface area contributed by atoms with Crippen molar-refractivity contribution in [2.24, 2.45) is 0 Å². The molecule has 1 aromatic rings. The largest absolute Gasteiger partial charge is 0.339 e. The van der Waals surface area contributed by atoms with E-state index in [1.165, 1.54) is 12.8 Å². The summed E-state index contributed by atoms with van der Waals surface area (Å²) in [4.78, 5) is 14.5. The molecule has 1 unspecified atom stereocenters. The number of hydrogen-bond acceptors (Lipinski definition) is 1. The Morgan fingerprint density at radius 2 is 2.00 bits per heavy atom. The molecule has 1 saturated heterocycles. The van der Waals surface area contributed by atoms with Crippen LogP contribution >= 0.6 is 15.9 Å². The van der Waals surface area contributed by atoms with Crippen molar-refractivity contribution in [1.29, 1.82) is 0 Å². The highest BCUT2D eigenvalue weighted by atomic mass is 79.9. The fraction of sp³-hybridized carbons (Fsp3) is 0.533. The normalized spacial score (nSPS) is 20.5. The first kappa shape index (κ1) is 13.6. The number of alkyl halides is 1. The molecule has 0 saturated carbocycles. The lowest BCUT2D eigenvalue weighted by atomic mass is 10.1. The molecule has 0 aromatic heterocycles. The Hall–Kier alpha value is -0.830. The van der Waals surface area contributed by atoms with E-state index in [0.29, 0.717) is 12.5 Å². The zero-order valence-corrected chi connectivity index (χ0v) is 12.2. The van der Waals surface area contributed by atoms with Gasteiger partial charge >= 0.3 is 0 Å². The molecule has 18 heavy (non-hydrogen) atoms. The zero-order chi connectivity index (χ0) is 12.8. The lowest BCUT2D eigenvalue weighted by Crippen LogP contribution is -2.41. The molecule has 1 aromatic carbocycles. The molecule has 0 N–H and O–H groups in total. The number of rotatable bonds is 3. The molecule has 0 bridgehead atoms. The molecule has 1 aliphatic rings. The van der Waals surface area contributed by atoms with Crippen LogP contribution in [0.2, 0.25) is 0 Å². The first-order valence-corrected chi connectivity index (χ1v) is 7.83. The minimum absolute atomic E-state index is 0.271. The average molecular weight is 310 g/mol. The number of likely N-dealkylation sites (tertiary alicyclic amines) is 1. The first-order chi connectivity index (χ1) is 8.81. The van der Waals surface area contributed by atoms with Gasteiger partial charge in [0.05, 0.1) is 6.42 Å². The van der Waals surface area contributed by atoms with Gasteiger partial charge in [-0.05, 0) is 18.4 Å². The van der Waals surface area contributed by atoms with Gasteiger partial charge in [-0.25, -0.2) is 0 Å². The van der Waals surface area contributed by atoms with Crippen molar-refractivity contribution in [3.8, 4) is 0 Å². The molecule has 1 aliphatic heterocycles. The summed E-state index contributed by atoms with van der Waals surface area (Å²) in [5.41, 5.74) is 1.11. The highest BCUT2D eigenvalue weighted by Crippen LogP contribution is 2.19. The predicted octanol–water partition coefficient (Wildman–Crippen LogP) is 3.40. The molecule has 1 atom stereocenters. The summed E-state index contributed by atoms with van der Waals surface area (Å²) in [6, 6.07) is 10.4. The maximum atomic E-state index is 12.4. The molecular formula is C15H20BrNO. The highest BCUT2D eigenvalue weighted by molar-refractivity contribution is 9.09. The Morgan fingerprint density at radius 3 is 2.72 bits per heavy atom. The van der Waals surface area contributed by atoms with E-state index in [4.69, 9.17) is 0 Å². The summed E-state index contributed by atoms with van der Waals surface area (Å²) in [7, 11) is 0. The summed E-state index contributed by atoms with van der Waals surface area (Å²) >= 11 is 3.55. The van der Waals surface area contributed by atoms with Crippen molar-refractivity contribution < 1.29 is 4.79 Å². The third kappa shape index (κ3) is 3.58. The molecule has 1 heterocycles. The van der Waals surface area contributed by atoms with Crippen LogP contribution in [0.25, 0.3) is 0 Å². The van der Waals surface area contributed by atoms with Gasteiger partial charge in [0, 0.05) is 17.9 Å². The fourth-order valence-electron chi connectivity index (χ4n) is 2.54. The van der Waals surface area contributed by atoms with Gasteiger partial charge in [-0.1, -0.05) is 59.1 Å². The van der Waals surface area contributed by atoms with Crippen molar-refractivity contribution in [3.05, 3.63) is 35.9 Å². The van der Waals surface area contributed by atoms with E-state index in [9.17, 15) is 4.79 Å². The van der Waals surface area contributed by atoms with Crippen LogP contribution in [0.4, 0.5) is 0 Å². The number of halogens is 1. The molecule has 0 radical (unpaired) electrons. The van der Waals surface area contributed by atoms with Crippen molar-refractivity contribution in [2.75, 3.05) is 11.9 Å². The predicted molar refractivity (Wildman–Crippen MR) is 77.9 cm³/mol. The van der Waals surface area contributed by atoms with Crippen LogP contribution in [-0.4, -0.2) is 28.7 Å². The molecule has 0 aliphatic carbocycles. The number of amides is 1. The Labute approximate surface area is 117 Å². The molecule has 2 rings (SSSR count). The zero-order valence-electron chi connectivity index (χ0n) is 10.6. The van der Waals surface area contributed by atoms with Crippen molar-refractivity contribution in [1.82, 2.24) is 4.90 Å². The van der Waals surface area contributed by atoms with Gasteiger partial charge in [-0.3, -0.25) is 4.79 Å².